The fourth-order valence-corrected chi connectivity index (χ4v) is 3.29. The highest BCUT2D eigenvalue weighted by Crippen LogP contribution is 2.32. The van der Waals surface area contributed by atoms with Gasteiger partial charge in [-0.2, -0.15) is 0 Å². The molecule has 2 amide bonds. The van der Waals surface area contributed by atoms with Gasteiger partial charge in [-0.15, -0.1) is 0 Å². The van der Waals surface area contributed by atoms with Crippen molar-refractivity contribution >= 4 is 40.9 Å². The molecule has 1 N–H and O–H groups in total. The molecule has 1 fully saturated rings. The van der Waals surface area contributed by atoms with Crippen molar-refractivity contribution in [2.75, 3.05) is 31.0 Å². The Bertz CT molecular complexity index is 927. The second kappa shape index (κ2) is 8.80. The van der Waals surface area contributed by atoms with Crippen molar-refractivity contribution in [1.82, 2.24) is 0 Å². The zero-order valence-corrected chi connectivity index (χ0v) is 16.5. The Kier molecular flexibility index (Phi) is 6.21. The summed E-state index contributed by atoms with van der Waals surface area (Å²) in [4.78, 5) is 25.8. The van der Waals surface area contributed by atoms with E-state index in [1.165, 1.54) is 6.08 Å². The Morgan fingerprint density at radius 1 is 1.18 bits per heavy atom. The number of anilines is 2. The van der Waals surface area contributed by atoms with Gasteiger partial charge in [0.25, 0.3) is 0 Å². The first-order valence-corrected chi connectivity index (χ1v) is 9.20. The predicted octanol–water partition coefficient (Wildman–Crippen LogP) is 4.14. The number of carbonyl (C=O) groups is 2. The van der Waals surface area contributed by atoms with Crippen molar-refractivity contribution in [2.24, 2.45) is 0 Å². The van der Waals surface area contributed by atoms with Crippen LogP contribution in [0.15, 0.2) is 42.5 Å². The van der Waals surface area contributed by atoms with Gasteiger partial charge in [0.1, 0.15) is 11.5 Å². The molecule has 0 saturated carbocycles. The summed E-state index contributed by atoms with van der Waals surface area (Å²) >= 11 is 6.31. The van der Waals surface area contributed by atoms with Crippen LogP contribution in [0.5, 0.6) is 11.5 Å². The number of nitrogens with one attached hydrogen (secondary N) is 1. The van der Waals surface area contributed by atoms with Gasteiger partial charge in [-0.25, -0.2) is 0 Å². The molecule has 0 atom stereocenters. The van der Waals surface area contributed by atoms with E-state index in [0.717, 1.165) is 12.0 Å². The molecule has 3 rings (SSSR count). The lowest BCUT2D eigenvalue weighted by atomic mass is 10.1. The highest BCUT2D eigenvalue weighted by atomic mass is 35.5. The smallest absolute Gasteiger partial charge is 0.248 e. The molecule has 2 aromatic rings. The third kappa shape index (κ3) is 4.46. The van der Waals surface area contributed by atoms with Crippen molar-refractivity contribution in [3.63, 3.8) is 0 Å². The Hall–Kier alpha value is -2.99. The van der Waals surface area contributed by atoms with Crippen molar-refractivity contribution in [1.29, 1.82) is 0 Å². The quantitative estimate of drug-likeness (QED) is 0.740. The van der Waals surface area contributed by atoms with Gasteiger partial charge in [0.05, 0.1) is 24.9 Å². The lowest BCUT2D eigenvalue weighted by molar-refractivity contribution is -0.117. The summed E-state index contributed by atoms with van der Waals surface area (Å²) in [5.74, 6) is 1.03. The lowest BCUT2D eigenvalue weighted by Crippen LogP contribution is -2.24. The number of halogens is 1. The minimum atomic E-state index is -0.307. The fourth-order valence-electron chi connectivity index (χ4n) is 3.01. The number of nitrogens with zero attached hydrogens (tertiary/aromatic N) is 1. The molecule has 146 valence electrons. The molecule has 1 saturated heterocycles. The summed E-state index contributed by atoms with van der Waals surface area (Å²) in [6, 6.07) is 10.5. The fraction of sp³-hybridized carbons (Fsp3) is 0.238. The van der Waals surface area contributed by atoms with E-state index in [9.17, 15) is 9.59 Å². The second-order valence-corrected chi connectivity index (χ2v) is 6.65. The minimum Gasteiger partial charge on any atom is -0.497 e. The van der Waals surface area contributed by atoms with Gasteiger partial charge in [0.15, 0.2) is 0 Å². The van der Waals surface area contributed by atoms with Crippen LogP contribution in [0, 0.1) is 0 Å². The topological polar surface area (TPSA) is 67.9 Å². The maximum atomic E-state index is 12.2. The second-order valence-electron chi connectivity index (χ2n) is 6.25. The lowest BCUT2D eigenvalue weighted by Gasteiger charge is -2.17. The maximum absolute atomic E-state index is 12.2. The summed E-state index contributed by atoms with van der Waals surface area (Å²) in [6.07, 6.45) is 4.43. The Morgan fingerprint density at radius 3 is 2.64 bits per heavy atom. The van der Waals surface area contributed by atoms with Crippen molar-refractivity contribution in [3.05, 3.63) is 53.1 Å². The summed E-state index contributed by atoms with van der Waals surface area (Å²) in [5, 5.41) is 3.19. The SMILES string of the molecule is COc1ccc(/C=C/C(=O)Nc2ccc(N3CCCC3=O)c(Cl)c2)c(OC)c1. The van der Waals surface area contributed by atoms with Crippen LogP contribution in [-0.4, -0.2) is 32.6 Å². The predicted molar refractivity (Wildman–Crippen MR) is 110 cm³/mol. The van der Waals surface area contributed by atoms with Gasteiger partial charge in [0, 0.05) is 36.4 Å². The zero-order chi connectivity index (χ0) is 20.1. The van der Waals surface area contributed by atoms with Crippen molar-refractivity contribution in [3.8, 4) is 11.5 Å². The molecule has 0 bridgehead atoms. The van der Waals surface area contributed by atoms with Gasteiger partial charge in [-0.05, 0) is 42.8 Å². The van der Waals surface area contributed by atoms with Crippen LogP contribution in [0.2, 0.25) is 5.02 Å². The Labute approximate surface area is 168 Å². The van der Waals surface area contributed by atoms with Gasteiger partial charge < -0.3 is 19.7 Å². The highest BCUT2D eigenvalue weighted by Gasteiger charge is 2.23. The van der Waals surface area contributed by atoms with Crippen molar-refractivity contribution in [2.45, 2.75) is 12.8 Å². The van der Waals surface area contributed by atoms with Crippen LogP contribution in [0.25, 0.3) is 6.08 Å². The van der Waals surface area contributed by atoms with E-state index in [1.807, 2.05) is 0 Å². The molecule has 0 unspecified atom stereocenters. The first kappa shape index (κ1) is 19.8. The van der Waals surface area contributed by atoms with E-state index < -0.39 is 0 Å². The average Bonchev–Trinajstić information content (AvgIpc) is 3.12. The van der Waals surface area contributed by atoms with E-state index in [-0.39, 0.29) is 11.8 Å². The number of methoxy groups -OCH3 is 2. The van der Waals surface area contributed by atoms with Gasteiger partial charge in [-0.3, -0.25) is 9.59 Å². The van der Waals surface area contributed by atoms with E-state index in [2.05, 4.69) is 5.32 Å². The number of hydrogen-bond donors (Lipinski definition) is 1. The molecule has 6 nitrogen and oxygen atoms in total. The zero-order valence-electron chi connectivity index (χ0n) is 15.7. The number of benzene rings is 2. The van der Waals surface area contributed by atoms with Gasteiger partial charge in [-0.1, -0.05) is 11.6 Å². The standard InChI is InChI=1S/C21H21ClN2O4/c1-27-16-8-5-14(19(13-16)28-2)6-10-20(25)23-15-7-9-18(17(22)12-15)24-11-3-4-21(24)26/h5-10,12-13H,3-4,11H2,1-2H3,(H,23,25)/b10-6+. The normalized spacial score (nSPS) is 13.8. The number of carbonyl (C=O) groups excluding carboxylic acids is 2. The molecule has 1 aliphatic heterocycles. The first-order valence-electron chi connectivity index (χ1n) is 8.83. The first-order chi connectivity index (χ1) is 13.5. The minimum absolute atomic E-state index is 0.0649. The molecule has 0 radical (unpaired) electrons. The van der Waals surface area contributed by atoms with Crippen LogP contribution < -0.4 is 19.7 Å². The van der Waals surface area contributed by atoms with Crippen LogP contribution in [-0.2, 0) is 9.59 Å². The van der Waals surface area contributed by atoms with E-state index >= 15 is 0 Å². The molecular formula is C21H21ClN2O4. The summed E-state index contributed by atoms with van der Waals surface area (Å²) < 4.78 is 10.5. The average molecular weight is 401 g/mol. The number of rotatable bonds is 6. The van der Waals surface area contributed by atoms with Crippen LogP contribution in [0.4, 0.5) is 11.4 Å². The summed E-state index contributed by atoms with van der Waals surface area (Å²) in [7, 11) is 3.13. The molecular weight excluding hydrogens is 380 g/mol. The molecule has 1 aliphatic rings. The van der Waals surface area contributed by atoms with E-state index in [4.69, 9.17) is 21.1 Å². The largest absolute Gasteiger partial charge is 0.497 e. The molecule has 0 aliphatic carbocycles. The third-order valence-corrected chi connectivity index (χ3v) is 4.74. The van der Waals surface area contributed by atoms with Crippen LogP contribution in [0.3, 0.4) is 0 Å². The molecule has 2 aromatic carbocycles. The van der Waals surface area contributed by atoms with Gasteiger partial charge in [0.2, 0.25) is 11.8 Å². The number of ether oxygens (including phenoxy) is 2. The third-order valence-electron chi connectivity index (χ3n) is 4.43. The maximum Gasteiger partial charge on any atom is 0.248 e. The summed E-state index contributed by atoms with van der Waals surface area (Å²) in [5.41, 5.74) is 1.97. The van der Waals surface area contributed by atoms with Gasteiger partial charge >= 0.3 is 0 Å². The number of amides is 2. The molecule has 0 aromatic heterocycles. The van der Waals surface area contributed by atoms with Crippen LogP contribution >= 0.6 is 11.6 Å². The van der Waals surface area contributed by atoms with Crippen molar-refractivity contribution < 1.29 is 19.1 Å². The Morgan fingerprint density at radius 2 is 2.00 bits per heavy atom. The van der Waals surface area contributed by atoms with Crippen LogP contribution in [0.1, 0.15) is 18.4 Å². The molecule has 1 heterocycles. The molecule has 7 heteroatoms. The summed E-state index contributed by atoms with van der Waals surface area (Å²) in [6.45, 7) is 0.663. The van der Waals surface area contributed by atoms with E-state index in [0.29, 0.717) is 40.9 Å². The number of hydrogen-bond acceptors (Lipinski definition) is 4. The Balaban J connectivity index is 1.69. The monoisotopic (exact) mass is 400 g/mol. The highest BCUT2D eigenvalue weighted by molar-refractivity contribution is 6.34. The molecule has 28 heavy (non-hydrogen) atoms. The van der Waals surface area contributed by atoms with E-state index in [1.54, 1.807) is 61.6 Å². The molecule has 0 spiro atoms.